The zero-order valence-electron chi connectivity index (χ0n) is 13.6. The van der Waals surface area contributed by atoms with Gasteiger partial charge in [0.2, 0.25) is 11.0 Å². The molecule has 1 heterocycles. The molecule has 0 fully saturated rings. The molecule has 0 atom stereocenters. The van der Waals surface area contributed by atoms with Gasteiger partial charge in [-0.25, -0.2) is 0 Å². The Labute approximate surface area is 145 Å². The van der Waals surface area contributed by atoms with Gasteiger partial charge in [-0.05, 0) is 30.0 Å². The summed E-state index contributed by atoms with van der Waals surface area (Å²) in [6, 6.07) is 8.31. The number of carbonyl (C=O) groups excluding carboxylic acids is 1. The Morgan fingerprint density at radius 2 is 2.00 bits per heavy atom. The molecule has 1 aromatic carbocycles. The number of hydrogen-bond donors (Lipinski definition) is 2. The van der Waals surface area contributed by atoms with Gasteiger partial charge in [-0.2, -0.15) is 0 Å². The second-order valence-electron chi connectivity index (χ2n) is 5.41. The van der Waals surface area contributed by atoms with Crippen molar-refractivity contribution in [2.75, 3.05) is 17.6 Å². The zero-order chi connectivity index (χ0) is 16.7. The third-order valence-corrected chi connectivity index (χ3v) is 5.11. The molecule has 1 amide bonds. The van der Waals surface area contributed by atoms with Crippen LogP contribution in [0.3, 0.4) is 0 Å². The second kappa shape index (κ2) is 8.88. The molecule has 1 aromatic heterocycles. The van der Waals surface area contributed by atoms with E-state index in [4.69, 9.17) is 0 Å². The van der Waals surface area contributed by atoms with Crippen LogP contribution in [0.2, 0.25) is 0 Å². The number of benzene rings is 1. The number of amides is 1. The highest BCUT2D eigenvalue weighted by Gasteiger charge is 2.08. The first kappa shape index (κ1) is 17.7. The normalized spacial score (nSPS) is 10.8. The van der Waals surface area contributed by atoms with Crippen LogP contribution in [0.25, 0.3) is 0 Å². The van der Waals surface area contributed by atoms with E-state index in [1.807, 2.05) is 19.1 Å². The van der Waals surface area contributed by atoms with Gasteiger partial charge in [0, 0.05) is 12.2 Å². The lowest BCUT2D eigenvalue weighted by Gasteiger charge is -2.06. The molecule has 0 saturated heterocycles. The van der Waals surface area contributed by atoms with Gasteiger partial charge in [-0.3, -0.25) is 4.79 Å². The van der Waals surface area contributed by atoms with Gasteiger partial charge in [0.25, 0.3) is 0 Å². The molecule has 23 heavy (non-hydrogen) atoms. The lowest BCUT2D eigenvalue weighted by Crippen LogP contribution is -2.25. The summed E-state index contributed by atoms with van der Waals surface area (Å²) in [7, 11) is 0. The maximum Gasteiger partial charge on any atom is 0.230 e. The van der Waals surface area contributed by atoms with Gasteiger partial charge < -0.3 is 10.6 Å². The fourth-order valence-electron chi connectivity index (χ4n) is 1.84. The highest BCUT2D eigenvalue weighted by Crippen LogP contribution is 2.28. The second-order valence-corrected chi connectivity index (χ2v) is 7.61. The first-order valence-electron chi connectivity index (χ1n) is 7.68. The average Bonchev–Trinajstić information content (AvgIpc) is 2.99. The van der Waals surface area contributed by atoms with E-state index in [0.717, 1.165) is 21.6 Å². The topological polar surface area (TPSA) is 66.9 Å². The largest absolute Gasteiger partial charge is 0.355 e. The summed E-state index contributed by atoms with van der Waals surface area (Å²) >= 11 is 2.86. The van der Waals surface area contributed by atoms with E-state index in [2.05, 4.69) is 46.8 Å². The lowest BCUT2D eigenvalue weighted by molar-refractivity contribution is -0.118. The van der Waals surface area contributed by atoms with Crippen molar-refractivity contribution in [3.05, 3.63) is 29.8 Å². The number of aromatic nitrogens is 2. The minimum absolute atomic E-state index is 0.0332. The van der Waals surface area contributed by atoms with Gasteiger partial charge in [0.1, 0.15) is 0 Å². The van der Waals surface area contributed by atoms with Crippen molar-refractivity contribution in [2.24, 2.45) is 0 Å². The Morgan fingerprint density at radius 1 is 1.26 bits per heavy atom. The molecule has 0 aliphatic heterocycles. The van der Waals surface area contributed by atoms with Crippen molar-refractivity contribution in [1.82, 2.24) is 15.5 Å². The molecule has 7 heteroatoms. The van der Waals surface area contributed by atoms with E-state index in [9.17, 15) is 4.79 Å². The molecule has 5 nitrogen and oxygen atoms in total. The molecule has 0 aliphatic rings. The maximum atomic E-state index is 11.6. The minimum Gasteiger partial charge on any atom is -0.355 e. The number of nitrogens with zero attached hydrogens (tertiary/aromatic N) is 2. The van der Waals surface area contributed by atoms with Gasteiger partial charge in [-0.15, -0.1) is 10.2 Å². The van der Waals surface area contributed by atoms with E-state index < -0.39 is 0 Å². The monoisotopic (exact) mass is 350 g/mol. The van der Waals surface area contributed by atoms with Gasteiger partial charge >= 0.3 is 0 Å². The molecule has 0 radical (unpaired) electrons. The standard InChI is InChI=1S/C16H22N4OS2/c1-4-9-17-14(21)10-22-16-20-19-15(23-16)18-13-7-5-12(6-8-13)11(2)3/h5-8,11H,4,9-10H2,1-3H3,(H,17,21)(H,18,19). The summed E-state index contributed by atoms with van der Waals surface area (Å²) in [5, 5.41) is 15.0. The van der Waals surface area contributed by atoms with Crippen molar-refractivity contribution in [1.29, 1.82) is 0 Å². The number of thioether (sulfide) groups is 1. The Balaban J connectivity index is 1.85. The smallest absolute Gasteiger partial charge is 0.230 e. The van der Waals surface area contributed by atoms with E-state index >= 15 is 0 Å². The van der Waals surface area contributed by atoms with Crippen LogP contribution in [0, 0.1) is 0 Å². The van der Waals surface area contributed by atoms with Crippen molar-refractivity contribution >= 4 is 39.8 Å². The molecule has 0 aliphatic carbocycles. The average molecular weight is 351 g/mol. The lowest BCUT2D eigenvalue weighted by atomic mass is 10.0. The summed E-state index contributed by atoms with van der Waals surface area (Å²) in [5.74, 6) is 0.927. The number of anilines is 2. The highest BCUT2D eigenvalue weighted by molar-refractivity contribution is 8.01. The summed E-state index contributed by atoms with van der Waals surface area (Å²) in [6.07, 6.45) is 0.943. The fraction of sp³-hybridized carbons (Fsp3) is 0.438. The first-order chi connectivity index (χ1) is 11.1. The molecule has 0 unspecified atom stereocenters. The highest BCUT2D eigenvalue weighted by atomic mass is 32.2. The van der Waals surface area contributed by atoms with Crippen LogP contribution in [-0.2, 0) is 4.79 Å². The van der Waals surface area contributed by atoms with E-state index in [1.54, 1.807) is 0 Å². The van der Waals surface area contributed by atoms with Crippen LogP contribution in [0.1, 0.15) is 38.7 Å². The number of carbonyl (C=O) groups is 1. The van der Waals surface area contributed by atoms with Gasteiger partial charge in [0.15, 0.2) is 4.34 Å². The summed E-state index contributed by atoms with van der Waals surface area (Å²) in [6.45, 7) is 7.10. The van der Waals surface area contributed by atoms with E-state index in [1.165, 1.54) is 28.7 Å². The summed E-state index contributed by atoms with van der Waals surface area (Å²) in [4.78, 5) is 11.6. The van der Waals surface area contributed by atoms with Crippen LogP contribution in [0.15, 0.2) is 28.6 Å². The Morgan fingerprint density at radius 3 is 2.65 bits per heavy atom. The summed E-state index contributed by atoms with van der Waals surface area (Å²) in [5.41, 5.74) is 2.30. The molecule has 2 N–H and O–H groups in total. The quantitative estimate of drug-likeness (QED) is 0.704. The van der Waals surface area contributed by atoms with Crippen molar-refractivity contribution < 1.29 is 4.79 Å². The molecule has 0 spiro atoms. The molecule has 124 valence electrons. The number of rotatable bonds is 8. The summed E-state index contributed by atoms with van der Waals surface area (Å²) < 4.78 is 0.790. The van der Waals surface area contributed by atoms with Crippen LogP contribution < -0.4 is 10.6 Å². The van der Waals surface area contributed by atoms with Crippen LogP contribution in [0.5, 0.6) is 0 Å². The Kier molecular flexibility index (Phi) is 6.85. The third kappa shape index (κ3) is 5.84. The predicted molar refractivity (Wildman–Crippen MR) is 97.7 cm³/mol. The Hall–Kier alpha value is -1.60. The molecule has 0 bridgehead atoms. The Bertz CT molecular complexity index is 625. The molecular formula is C16H22N4OS2. The molecular weight excluding hydrogens is 328 g/mol. The van der Waals surface area contributed by atoms with Crippen molar-refractivity contribution in [3.8, 4) is 0 Å². The van der Waals surface area contributed by atoms with Gasteiger partial charge in [-0.1, -0.05) is 56.0 Å². The molecule has 2 rings (SSSR count). The van der Waals surface area contributed by atoms with Crippen LogP contribution in [0.4, 0.5) is 10.8 Å². The van der Waals surface area contributed by atoms with E-state index in [-0.39, 0.29) is 5.91 Å². The number of hydrogen-bond acceptors (Lipinski definition) is 6. The van der Waals surface area contributed by atoms with Crippen molar-refractivity contribution in [3.63, 3.8) is 0 Å². The molecule has 2 aromatic rings. The maximum absolute atomic E-state index is 11.6. The minimum atomic E-state index is 0.0332. The predicted octanol–water partition coefficient (Wildman–Crippen LogP) is 4.02. The van der Waals surface area contributed by atoms with E-state index in [0.29, 0.717) is 18.2 Å². The van der Waals surface area contributed by atoms with Crippen LogP contribution >= 0.6 is 23.1 Å². The first-order valence-corrected chi connectivity index (χ1v) is 9.48. The van der Waals surface area contributed by atoms with Gasteiger partial charge in [0.05, 0.1) is 5.75 Å². The zero-order valence-corrected chi connectivity index (χ0v) is 15.3. The fourth-order valence-corrected chi connectivity index (χ4v) is 3.44. The molecule has 0 saturated carbocycles. The van der Waals surface area contributed by atoms with Crippen LogP contribution in [-0.4, -0.2) is 28.4 Å². The number of nitrogens with one attached hydrogen (secondary N) is 2. The SMILES string of the molecule is CCCNC(=O)CSc1nnc(Nc2ccc(C(C)C)cc2)s1. The van der Waals surface area contributed by atoms with Crippen molar-refractivity contribution in [2.45, 2.75) is 37.4 Å². The third-order valence-electron chi connectivity index (χ3n) is 3.13.